The van der Waals surface area contributed by atoms with E-state index in [4.69, 9.17) is 14.2 Å². The second-order valence-corrected chi connectivity index (χ2v) is 7.13. The van der Waals surface area contributed by atoms with Crippen LogP contribution in [0.15, 0.2) is 54.6 Å². The Morgan fingerprint density at radius 2 is 1.90 bits per heavy atom. The molecule has 0 spiro atoms. The first-order valence-corrected chi connectivity index (χ1v) is 9.83. The summed E-state index contributed by atoms with van der Waals surface area (Å²) in [7, 11) is 5.00. The maximum atomic E-state index is 13.3. The number of amides is 1. The lowest BCUT2D eigenvalue weighted by Crippen LogP contribution is -2.42. The Kier molecular flexibility index (Phi) is 5.72. The summed E-state index contributed by atoms with van der Waals surface area (Å²) < 4.78 is 18.3. The largest absolute Gasteiger partial charge is 0.497 e. The molecular weight excluding hydrogens is 382 g/mol. The average molecular weight is 407 g/mol. The van der Waals surface area contributed by atoms with Crippen LogP contribution in [0.5, 0.6) is 11.5 Å². The minimum atomic E-state index is -0.130. The fourth-order valence-electron chi connectivity index (χ4n) is 3.68. The van der Waals surface area contributed by atoms with Crippen molar-refractivity contribution < 1.29 is 19.0 Å². The first kappa shape index (κ1) is 20.0. The van der Waals surface area contributed by atoms with Gasteiger partial charge in [0.1, 0.15) is 23.3 Å². The second-order valence-electron chi connectivity index (χ2n) is 7.13. The van der Waals surface area contributed by atoms with Crippen LogP contribution in [0.25, 0.3) is 11.3 Å². The summed E-state index contributed by atoms with van der Waals surface area (Å²) in [6.07, 6.45) is -0.130. The molecule has 1 aliphatic heterocycles. The molecule has 4 rings (SSSR count). The fourth-order valence-corrected chi connectivity index (χ4v) is 3.68. The van der Waals surface area contributed by atoms with Gasteiger partial charge in [-0.2, -0.15) is 5.10 Å². The molecule has 1 aromatic heterocycles. The summed E-state index contributed by atoms with van der Waals surface area (Å²) in [5.74, 6) is 1.30. The number of methoxy groups -OCH3 is 2. The average Bonchev–Trinajstić information content (AvgIpc) is 3.20. The summed E-state index contributed by atoms with van der Waals surface area (Å²) in [6.45, 7) is 1.55. The lowest BCUT2D eigenvalue weighted by Gasteiger charge is -2.33. The minimum Gasteiger partial charge on any atom is -0.497 e. The van der Waals surface area contributed by atoms with Gasteiger partial charge < -0.3 is 19.1 Å². The predicted octanol–water partition coefficient (Wildman–Crippen LogP) is 3.32. The van der Waals surface area contributed by atoms with Crippen LogP contribution in [0.1, 0.15) is 22.2 Å². The van der Waals surface area contributed by atoms with Crippen molar-refractivity contribution in [2.24, 2.45) is 7.05 Å². The van der Waals surface area contributed by atoms with Crippen LogP contribution in [-0.2, 0) is 11.8 Å². The molecule has 1 atom stereocenters. The Hall–Kier alpha value is -3.32. The highest BCUT2D eigenvalue weighted by Crippen LogP contribution is 2.33. The quantitative estimate of drug-likeness (QED) is 0.649. The molecule has 0 bridgehead atoms. The molecule has 0 saturated carbocycles. The number of hydrogen-bond donors (Lipinski definition) is 0. The van der Waals surface area contributed by atoms with Crippen LogP contribution in [0.4, 0.5) is 0 Å². The van der Waals surface area contributed by atoms with Gasteiger partial charge in [-0.15, -0.1) is 0 Å². The molecule has 30 heavy (non-hydrogen) atoms. The first-order valence-electron chi connectivity index (χ1n) is 9.83. The van der Waals surface area contributed by atoms with Crippen LogP contribution in [-0.4, -0.2) is 54.5 Å². The van der Waals surface area contributed by atoms with E-state index < -0.39 is 0 Å². The minimum absolute atomic E-state index is 0.0673. The smallest absolute Gasteiger partial charge is 0.272 e. The normalized spacial score (nSPS) is 16.4. The molecule has 3 aromatic rings. The molecule has 0 unspecified atom stereocenters. The maximum absolute atomic E-state index is 13.3. The Morgan fingerprint density at radius 3 is 2.63 bits per heavy atom. The van der Waals surface area contributed by atoms with Gasteiger partial charge in [-0.3, -0.25) is 9.48 Å². The van der Waals surface area contributed by atoms with Gasteiger partial charge in [-0.05, 0) is 29.8 Å². The van der Waals surface area contributed by atoms with E-state index in [0.29, 0.717) is 42.6 Å². The summed E-state index contributed by atoms with van der Waals surface area (Å²) in [5, 5.41) is 4.56. The molecule has 7 heteroatoms. The van der Waals surface area contributed by atoms with Crippen molar-refractivity contribution in [1.82, 2.24) is 14.7 Å². The van der Waals surface area contributed by atoms with E-state index in [0.717, 1.165) is 11.1 Å². The van der Waals surface area contributed by atoms with Crippen LogP contribution in [0.2, 0.25) is 0 Å². The highest BCUT2D eigenvalue weighted by atomic mass is 16.5. The first-order chi connectivity index (χ1) is 14.6. The standard InChI is InChI=1S/C23H25N3O4/c1-25-20(14-19(24-25)18-13-17(28-2)9-10-21(18)29-3)23(27)26-11-12-30-22(15-26)16-7-5-4-6-8-16/h4-10,13-14,22H,11-12,15H2,1-3H3/t22-/m1/s1. The third kappa shape index (κ3) is 3.89. The van der Waals surface area contributed by atoms with Crippen LogP contribution >= 0.6 is 0 Å². The zero-order valence-electron chi connectivity index (χ0n) is 17.4. The van der Waals surface area contributed by atoms with Gasteiger partial charge in [0, 0.05) is 19.2 Å². The summed E-state index contributed by atoms with van der Waals surface area (Å²) in [6, 6.07) is 17.3. The monoisotopic (exact) mass is 407 g/mol. The molecule has 156 valence electrons. The van der Waals surface area contributed by atoms with Crippen molar-refractivity contribution in [1.29, 1.82) is 0 Å². The lowest BCUT2D eigenvalue weighted by molar-refractivity contribution is -0.0231. The number of hydrogen-bond acceptors (Lipinski definition) is 5. The van der Waals surface area contributed by atoms with Gasteiger partial charge in [0.15, 0.2) is 0 Å². The molecule has 0 N–H and O–H groups in total. The van der Waals surface area contributed by atoms with Crippen molar-refractivity contribution >= 4 is 5.91 Å². The molecule has 1 aliphatic rings. The van der Waals surface area contributed by atoms with Gasteiger partial charge in [0.2, 0.25) is 0 Å². The van der Waals surface area contributed by atoms with E-state index in [2.05, 4.69) is 5.10 Å². The van der Waals surface area contributed by atoms with Crippen molar-refractivity contribution in [3.05, 3.63) is 65.9 Å². The van der Waals surface area contributed by atoms with E-state index in [-0.39, 0.29) is 12.0 Å². The van der Waals surface area contributed by atoms with Gasteiger partial charge in [-0.25, -0.2) is 0 Å². The van der Waals surface area contributed by atoms with E-state index in [9.17, 15) is 4.79 Å². The van der Waals surface area contributed by atoms with Gasteiger partial charge in [-0.1, -0.05) is 30.3 Å². The van der Waals surface area contributed by atoms with E-state index in [1.165, 1.54) is 0 Å². The predicted molar refractivity (Wildman–Crippen MR) is 113 cm³/mol. The molecule has 1 saturated heterocycles. The summed E-state index contributed by atoms with van der Waals surface area (Å²) in [4.78, 5) is 15.1. The number of nitrogens with zero attached hydrogens (tertiary/aromatic N) is 3. The third-order valence-corrected chi connectivity index (χ3v) is 5.31. The molecular formula is C23H25N3O4. The molecule has 7 nitrogen and oxygen atoms in total. The number of carbonyl (C=O) groups is 1. The number of aromatic nitrogens is 2. The molecule has 2 heterocycles. The number of morpholine rings is 1. The number of ether oxygens (including phenoxy) is 3. The molecule has 0 aliphatic carbocycles. The molecule has 0 radical (unpaired) electrons. The number of rotatable bonds is 5. The van der Waals surface area contributed by atoms with Gasteiger partial charge >= 0.3 is 0 Å². The molecule has 1 amide bonds. The van der Waals surface area contributed by atoms with Gasteiger partial charge in [0.25, 0.3) is 5.91 Å². The van der Waals surface area contributed by atoms with Crippen molar-refractivity contribution in [2.45, 2.75) is 6.10 Å². The highest BCUT2D eigenvalue weighted by molar-refractivity contribution is 5.94. The van der Waals surface area contributed by atoms with Crippen LogP contribution < -0.4 is 9.47 Å². The number of aryl methyl sites for hydroxylation is 1. The van der Waals surface area contributed by atoms with Crippen LogP contribution in [0.3, 0.4) is 0 Å². The second kappa shape index (κ2) is 8.59. The third-order valence-electron chi connectivity index (χ3n) is 5.31. The Balaban J connectivity index is 1.60. The number of benzene rings is 2. The highest BCUT2D eigenvalue weighted by Gasteiger charge is 2.28. The van der Waals surface area contributed by atoms with Gasteiger partial charge in [0.05, 0.1) is 33.1 Å². The van der Waals surface area contributed by atoms with E-state index >= 15 is 0 Å². The Bertz CT molecular complexity index is 1030. The maximum Gasteiger partial charge on any atom is 0.272 e. The van der Waals surface area contributed by atoms with Crippen molar-refractivity contribution in [3.8, 4) is 22.8 Å². The molecule has 1 fully saturated rings. The Labute approximate surface area is 175 Å². The van der Waals surface area contributed by atoms with E-state index in [1.807, 2.05) is 53.4 Å². The van der Waals surface area contributed by atoms with Crippen LogP contribution in [0, 0.1) is 0 Å². The van der Waals surface area contributed by atoms with Crippen molar-refractivity contribution in [3.63, 3.8) is 0 Å². The lowest BCUT2D eigenvalue weighted by atomic mass is 10.1. The Morgan fingerprint density at radius 1 is 1.10 bits per heavy atom. The number of carbonyl (C=O) groups excluding carboxylic acids is 1. The zero-order valence-corrected chi connectivity index (χ0v) is 17.4. The topological polar surface area (TPSA) is 65.8 Å². The van der Waals surface area contributed by atoms with Crippen molar-refractivity contribution in [2.75, 3.05) is 33.9 Å². The fraction of sp³-hybridized carbons (Fsp3) is 0.304. The summed E-state index contributed by atoms with van der Waals surface area (Å²) in [5.41, 5.74) is 3.02. The van der Waals surface area contributed by atoms with E-state index in [1.54, 1.807) is 32.0 Å². The summed E-state index contributed by atoms with van der Waals surface area (Å²) >= 11 is 0. The zero-order chi connectivity index (χ0) is 21.1. The SMILES string of the molecule is COc1ccc(OC)c(-c2cc(C(=O)N3CCO[C@@H](c4ccccc4)C3)n(C)n2)c1. The molecule has 2 aromatic carbocycles.